The zero-order chi connectivity index (χ0) is 24.6. The van der Waals surface area contributed by atoms with Crippen molar-refractivity contribution in [3.8, 4) is 0 Å². The first kappa shape index (κ1) is 23.8. The van der Waals surface area contributed by atoms with E-state index >= 15 is 0 Å². The highest BCUT2D eigenvalue weighted by molar-refractivity contribution is 6.10. The summed E-state index contributed by atoms with van der Waals surface area (Å²) in [5, 5.41) is 9.94. The summed E-state index contributed by atoms with van der Waals surface area (Å²) in [4.78, 5) is 27.3. The van der Waals surface area contributed by atoms with E-state index in [1.165, 1.54) is 24.3 Å². The molecule has 3 aromatic carbocycles. The quantitative estimate of drug-likeness (QED) is 0.379. The van der Waals surface area contributed by atoms with Crippen molar-refractivity contribution in [1.82, 2.24) is 14.7 Å². The Morgan fingerprint density at radius 2 is 1.63 bits per heavy atom. The van der Waals surface area contributed by atoms with Crippen LogP contribution in [-0.4, -0.2) is 40.1 Å². The zero-order valence-corrected chi connectivity index (χ0v) is 19.3. The molecule has 0 fully saturated rings. The highest BCUT2D eigenvalue weighted by atomic mass is 19.1. The fraction of sp³-hybridized carbons (Fsp3) is 0.148. The van der Waals surface area contributed by atoms with Crippen LogP contribution in [0.25, 0.3) is 0 Å². The Hall–Kier alpha value is -4.30. The standard InChI is InChI=1S/C27H26FN5O2/c1-32(16-21-15-29-33(18-21)17-20-7-3-2-4-8-20)19-26(34)31-25-10-6-5-9-24(25)27(35)30-23-13-11-22(28)12-14-23/h2-15,18H,16-17,19H2,1H3,(H,30,35)(H,31,34). The SMILES string of the molecule is CN(CC(=O)Nc1ccccc1C(=O)Nc1ccc(F)cc1)Cc1cnn(Cc2ccccc2)c1. The number of benzene rings is 3. The van der Waals surface area contributed by atoms with Crippen LogP contribution in [0.1, 0.15) is 21.5 Å². The number of carbonyl (C=O) groups is 2. The maximum Gasteiger partial charge on any atom is 0.257 e. The molecule has 35 heavy (non-hydrogen) atoms. The lowest BCUT2D eigenvalue weighted by molar-refractivity contribution is -0.117. The Balaban J connectivity index is 1.32. The van der Waals surface area contributed by atoms with Gasteiger partial charge in [-0.3, -0.25) is 19.2 Å². The van der Waals surface area contributed by atoms with E-state index in [0.717, 1.165) is 11.1 Å². The Kier molecular flexibility index (Phi) is 7.64. The lowest BCUT2D eigenvalue weighted by Gasteiger charge is -2.16. The van der Waals surface area contributed by atoms with Gasteiger partial charge in [-0.25, -0.2) is 4.39 Å². The molecule has 0 atom stereocenters. The molecule has 0 bridgehead atoms. The van der Waals surface area contributed by atoms with Gasteiger partial charge in [0.05, 0.1) is 30.5 Å². The zero-order valence-electron chi connectivity index (χ0n) is 19.3. The normalized spacial score (nSPS) is 10.8. The van der Waals surface area contributed by atoms with E-state index in [0.29, 0.717) is 30.0 Å². The fourth-order valence-electron chi connectivity index (χ4n) is 3.67. The lowest BCUT2D eigenvalue weighted by atomic mass is 10.1. The largest absolute Gasteiger partial charge is 0.324 e. The monoisotopic (exact) mass is 471 g/mol. The molecule has 178 valence electrons. The molecule has 1 heterocycles. The highest BCUT2D eigenvalue weighted by Crippen LogP contribution is 2.18. The second-order valence-corrected chi connectivity index (χ2v) is 8.26. The first-order valence-electron chi connectivity index (χ1n) is 11.2. The van der Waals surface area contributed by atoms with E-state index in [4.69, 9.17) is 0 Å². The molecule has 0 spiro atoms. The highest BCUT2D eigenvalue weighted by Gasteiger charge is 2.15. The average molecular weight is 472 g/mol. The van der Waals surface area contributed by atoms with Crippen LogP contribution >= 0.6 is 0 Å². The minimum atomic E-state index is -0.397. The molecule has 0 radical (unpaired) electrons. The third kappa shape index (κ3) is 6.84. The maximum absolute atomic E-state index is 13.1. The van der Waals surface area contributed by atoms with Gasteiger partial charge in [0, 0.05) is 24.0 Å². The minimum absolute atomic E-state index is 0.137. The molecule has 8 heteroatoms. The van der Waals surface area contributed by atoms with E-state index in [9.17, 15) is 14.0 Å². The van der Waals surface area contributed by atoms with Gasteiger partial charge in [-0.1, -0.05) is 42.5 Å². The number of likely N-dealkylation sites (N-methyl/N-ethyl adjacent to an activating group) is 1. The van der Waals surface area contributed by atoms with E-state index in [1.54, 1.807) is 30.5 Å². The Morgan fingerprint density at radius 1 is 0.914 bits per heavy atom. The van der Waals surface area contributed by atoms with Crippen LogP contribution in [-0.2, 0) is 17.9 Å². The maximum atomic E-state index is 13.1. The number of hydrogen-bond acceptors (Lipinski definition) is 4. The van der Waals surface area contributed by atoms with E-state index in [-0.39, 0.29) is 18.3 Å². The van der Waals surface area contributed by atoms with Gasteiger partial charge in [-0.15, -0.1) is 0 Å². The summed E-state index contributed by atoms with van der Waals surface area (Å²) in [5.41, 5.74) is 3.34. The lowest BCUT2D eigenvalue weighted by Crippen LogP contribution is -2.30. The summed E-state index contributed by atoms with van der Waals surface area (Å²) in [6, 6.07) is 22.3. The van der Waals surface area contributed by atoms with Crippen molar-refractivity contribution in [2.24, 2.45) is 0 Å². The number of hydrogen-bond donors (Lipinski definition) is 2. The van der Waals surface area contributed by atoms with Gasteiger partial charge in [-0.05, 0) is 49.0 Å². The minimum Gasteiger partial charge on any atom is -0.324 e. The summed E-state index contributed by atoms with van der Waals surface area (Å²) >= 11 is 0. The third-order valence-corrected chi connectivity index (χ3v) is 5.29. The van der Waals surface area contributed by atoms with Crippen LogP contribution in [0.3, 0.4) is 0 Å². The van der Waals surface area contributed by atoms with Crippen molar-refractivity contribution in [2.45, 2.75) is 13.1 Å². The van der Waals surface area contributed by atoms with Crippen LogP contribution in [0.2, 0.25) is 0 Å². The fourth-order valence-corrected chi connectivity index (χ4v) is 3.67. The predicted molar refractivity (Wildman–Crippen MR) is 134 cm³/mol. The molecule has 0 aliphatic heterocycles. The van der Waals surface area contributed by atoms with Crippen LogP contribution in [0.15, 0.2) is 91.3 Å². The van der Waals surface area contributed by atoms with Gasteiger partial charge in [-0.2, -0.15) is 5.10 Å². The van der Waals surface area contributed by atoms with Gasteiger partial charge in [0.25, 0.3) is 5.91 Å². The second kappa shape index (κ2) is 11.2. The van der Waals surface area contributed by atoms with Gasteiger partial charge in [0.2, 0.25) is 5.91 Å². The van der Waals surface area contributed by atoms with Gasteiger partial charge in [0.1, 0.15) is 5.82 Å². The van der Waals surface area contributed by atoms with Crippen molar-refractivity contribution in [2.75, 3.05) is 24.2 Å². The number of halogens is 1. The first-order chi connectivity index (χ1) is 17.0. The molecule has 0 unspecified atom stereocenters. The summed E-state index contributed by atoms with van der Waals surface area (Å²) < 4.78 is 15.0. The summed E-state index contributed by atoms with van der Waals surface area (Å²) in [7, 11) is 1.85. The molecule has 4 rings (SSSR count). The molecular weight excluding hydrogens is 445 g/mol. The first-order valence-corrected chi connectivity index (χ1v) is 11.2. The number of anilines is 2. The van der Waals surface area contributed by atoms with Crippen molar-refractivity contribution in [1.29, 1.82) is 0 Å². The smallest absolute Gasteiger partial charge is 0.257 e. The van der Waals surface area contributed by atoms with Crippen molar-refractivity contribution in [3.05, 3.63) is 114 Å². The van der Waals surface area contributed by atoms with Crippen LogP contribution < -0.4 is 10.6 Å². The van der Waals surface area contributed by atoms with Crippen molar-refractivity contribution in [3.63, 3.8) is 0 Å². The number of nitrogens with one attached hydrogen (secondary N) is 2. The molecule has 4 aromatic rings. The van der Waals surface area contributed by atoms with E-state index in [1.807, 2.05) is 41.0 Å². The topological polar surface area (TPSA) is 79.3 Å². The van der Waals surface area contributed by atoms with Gasteiger partial charge in [0.15, 0.2) is 0 Å². The number of carbonyl (C=O) groups excluding carboxylic acids is 2. The van der Waals surface area contributed by atoms with Gasteiger partial charge >= 0.3 is 0 Å². The summed E-state index contributed by atoms with van der Waals surface area (Å²) in [6.07, 6.45) is 3.77. The summed E-state index contributed by atoms with van der Waals surface area (Å²) in [6.45, 7) is 1.37. The molecule has 2 amide bonds. The number of para-hydroxylation sites is 1. The Morgan fingerprint density at radius 3 is 2.40 bits per heavy atom. The summed E-state index contributed by atoms with van der Waals surface area (Å²) in [5.74, 6) is -1.03. The van der Waals surface area contributed by atoms with E-state index in [2.05, 4.69) is 27.9 Å². The van der Waals surface area contributed by atoms with Crippen molar-refractivity contribution >= 4 is 23.2 Å². The van der Waals surface area contributed by atoms with Crippen LogP contribution in [0.4, 0.5) is 15.8 Å². The van der Waals surface area contributed by atoms with E-state index < -0.39 is 5.91 Å². The number of aromatic nitrogens is 2. The molecular formula is C27H26FN5O2. The number of amides is 2. The molecule has 2 N–H and O–H groups in total. The van der Waals surface area contributed by atoms with Gasteiger partial charge < -0.3 is 10.6 Å². The number of nitrogens with zero attached hydrogens (tertiary/aromatic N) is 3. The van der Waals surface area contributed by atoms with Crippen LogP contribution in [0.5, 0.6) is 0 Å². The average Bonchev–Trinajstić information content (AvgIpc) is 3.27. The third-order valence-electron chi connectivity index (χ3n) is 5.29. The molecule has 0 aliphatic carbocycles. The predicted octanol–water partition coefficient (Wildman–Crippen LogP) is 4.39. The number of rotatable bonds is 9. The van der Waals surface area contributed by atoms with Crippen molar-refractivity contribution < 1.29 is 14.0 Å². The Bertz CT molecular complexity index is 1290. The molecule has 0 saturated heterocycles. The Labute approximate surface area is 203 Å². The second-order valence-electron chi connectivity index (χ2n) is 8.26. The molecule has 1 aromatic heterocycles. The molecule has 0 aliphatic rings. The van der Waals surface area contributed by atoms with Crippen LogP contribution in [0, 0.1) is 5.82 Å². The molecule has 0 saturated carbocycles. The molecule has 7 nitrogen and oxygen atoms in total.